The largest absolute Gasteiger partial charge is 0.451 e. The van der Waals surface area contributed by atoms with Crippen molar-refractivity contribution in [2.45, 2.75) is 6.92 Å². The normalized spacial score (nSPS) is 12.6. The van der Waals surface area contributed by atoms with Gasteiger partial charge in [-0.2, -0.15) is 0 Å². The summed E-state index contributed by atoms with van der Waals surface area (Å²) in [6, 6.07) is 9.29. The second-order valence-electron chi connectivity index (χ2n) is 4.12. The van der Waals surface area contributed by atoms with Crippen LogP contribution in [0.25, 0.3) is 11.0 Å². The number of furan rings is 1. The number of nitrogens with one attached hydrogen (secondary N) is 1. The topological polar surface area (TPSA) is 42.2 Å². The SMILES string of the molecule is CC(CCl)CNC(=O)c1cc2ccccc2o1. The fourth-order valence-corrected chi connectivity index (χ4v) is 1.61. The first-order chi connectivity index (χ1) is 8.20. The van der Waals surface area contributed by atoms with Crippen LogP contribution in [0, 0.1) is 5.92 Å². The summed E-state index contributed by atoms with van der Waals surface area (Å²) in [5.41, 5.74) is 0.725. The van der Waals surface area contributed by atoms with Crippen LogP contribution in [0.15, 0.2) is 34.7 Å². The molecule has 1 N–H and O–H groups in total. The highest BCUT2D eigenvalue weighted by Gasteiger charge is 2.12. The average molecular weight is 252 g/mol. The minimum atomic E-state index is -0.196. The Hall–Kier alpha value is -1.48. The van der Waals surface area contributed by atoms with Crippen LogP contribution in [0.4, 0.5) is 0 Å². The standard InChI is InChI=1S/C13H14ClNO2/c1-9(7-14)8-15-13(16)12-6-10-4-2-3-5-11(10)17-12/h2-6,9H,7-8H2,1H3,(H,15,16). The number of rotatable bonds is 4. The summed E-state index contributed by atoms with van der Waals surface area (Å²) in [5, 5.41) is 3.73. The van der Waals surface area contributed by atoms with Gasteiger partial charge >= 0.3 is 0 Å². The van der Waals surface area contributed by atoms with E-state index >= 15 is 0 Å². The van der Waals surface area contributed by atoms with Crippen LogP contribution in [0.5, 0.6) is 0 Å². The summed E-state index contributed by atoms with van der Waals surface area (Å²) < 4.78 is 5.45. The Morgan fingerprint density at radius 2 is 2.24 bits per heavy atom. The molecule has 2 rings (SSSR count). The van der Waals surface area contributed by atoms with Crippen molar-refractivity contribution in [3.63, 3.8) is 0 Å². The molecule has 2 aromatic rings. The second-order valence-corrected chi connectivity index (χ2v) is 4.43. The summed E-state index contributed by atoms with van der Waals surface area (Å²) in [6.07, 6.45) is 0. The van der Waals surface area contributed by atoms with Crippen molar-refractivity contribution < 1.29 is 9.21 Å². The number of carbonyl (C=O) groups is 1. The van der Waals surface area contributed by atoms with Gasteiger partial charge < -0.3 is 9.73 Å². The Morgan fingerprint density at radius 3 is 2.94 bits per heavy atom. The number of fused-ring (bicyclic) bond motifs is 1. The lowest BCUT2D eigenvalue weighted by molar-refractivity contribution is 0.0923. The first-order valence-corrected chi connectivity index (χ1v) is 6.07. The van der Waals surface area contributed by atoms with Gasteiger partial charge in [0.15, 0.2) is 5.76 Å². The van der Waals surface area contributed by atoms with Crippen molar-refractivity contribution in [1.82, 2.24) is 5.32 Å². The van der Waals surface area contributed by atoms with Gasteiger partial charge in [0.2, 0.25) is 0 Å². The van der Waals surface area contributed by atoms with Gasteiger partial charge in [0.05, 0.1) is 0 Å². The van der Waals surface area contributed by atoms with Crippen LogP contribution < -0.4 is 5.32 Å². The average Bonchev–Trinajstić information content (AvgIpc) is 2.79. The van der Waals surface area contributed by atoms with Crippen LogP contribution in [0.3, 0.4) is 0 Å². The zero-order valence-corrected chi connectivity index (χ0v) is 10.3. The smallest absolute Gasteiger partial charge is 0.287 e. The zero-order valence-electron chi connectivity index (χ0n) is 9.57. The summed E-state index contributed by atoms with van der Waals surface area (Å²) in [4.78, 5) is 11.8. The molecule has 1 amide bonds. The molecule has 3 nitrogen and oxygen atoms in total. The Morgan fingerprint density at radius 1 is 1.47 bits per heavy atom. The summed E-state index contributed by atoms with van der Waals surface area (Å²) in [5.74, 6) is 0.927. The molecule has 0 aliphatic carbocycles. The molecule has 0 aliphatic rings. The molecule has 0 bridgehead atoms. The molecule has 0 saturated carbocycles. The first kappa shape index (κ1) is 12.0. The summed E-state index contributed by atoms with van der Waals surface area (Å²) >= 11 is 5.67. The van der Waals surface area contributed by atoms with Gasteiger partial charge in [0, 0.05) is 17.8 Å². The van der Waals surface area contributed by atoms with Crippen LogP contribution >= 0.6 is 11.6 Å². The summed E-state index contributed by atoms with van der Waals surface area (Å²) in [7, 11) is 0. The van der Waals surface area contributed by atoms with Crippen molar-refractivity contribution in [3.8, 4) is 0 Å². The number of benzene rings is 1. The van der Waals surface area contributed by atoms with E-state index in [1.165, 1.54) is 0 Å². The van der Waals surface area contributed by atoms with E-state index in [2.05, 4.69) is 5.32 Å². The van der Waals surface area contributed by atoms with Gasteiger partial charge in [-0.1, -0.05) is 25.1 Å². The van der Waals surface area contributed by atoms with E-state index in [1.54, 1.807) is 6.07 Å². The maximum Gasteiger partial charge on any atom is 0.287 e. The zero-order chi connectivity index (χ0) is 12.3. The molecule has 0 spiro atoms. The molecule has 1 unspecified atom stereocenters. The number of alkyl halides is 1. The molecule has 90 valence electrons. The minimum Gasteiger partial charge on any atom is -0.451 e. The molecule has 1 heterocycles. The van der Waals surface area contributed by atoms with E-state index in [9.17, 15) is 4.79 Å². The quantitative estimate of drug-likeness (QED) is 0.849. The lowest BCUT2D eigenvalue weighted by atomic mass is 10.2. The molecule has 0 aliphatic heterocycles. The molecular formula is C13H14ClNO2. The van der Waals surface area contributed by atoms with Crippen LogP contribution in [0.2, 0.25) is 0 Å². The predicted molar refractivity (Wildman–Crippen MR) is 68.4 cm³/mol. The van der Waals surface area contributed by atoms with Crippen molar-refractivity contribution in [3.05, 3.63) is 36.1 Å². The van der Waals surface area contributed by atoms with Gasteiger partial charge in [-0.3, -0.25) is 4.79 Å². The molecule has 0 radical (unpaired) electrons. The second kappa shape index (κ2) is 5.23. The van der Waals surface area contributed by atoms with Crippen molar-refractivity contribution >= 4 is 28.5 Å². The van der Waals surface area contributed by atoms with E-state index in [0.29, 0.717) is 18.2 Å². The number of halogens is 1. The van der Waals surface area contributed by atoms with E-state index in [4.69, 9.17) is 16.0 Å². The Balaban J connectivity index is 2.08. The summed E-state index contributed by atoms with van der Waals surface area (Å²) in [6.45, 7) is 2.53. The van der Waals surface area contributed by atoms with Crippen molar-refractivity contribution in [2.75, 3.05) is 12.4 Å². The third-order valence-corrected chi connectivity index (χ3v) is 3.05. The number of hydrogen-bond donors (Lipinski definition) is 1. The molecule has 0 saturated heterocycles. The van der Waals surface area contributed by atoms with Crippen LogP contribution in [-0.2, 0) is 0 Å². The first-order valence-electron chi connectivity index (χ1n) is 5.53. The molecule has 1 aromatic heterocycles. The minimum absolute atomic E-state index is 0.196. The van der Waals surface area contributed by atoms with E-state index in [0.717, 1.165) is 11.0 Å². The number of hydrogen-bond acceptors (Lipinski definition) is 2. The predicted octanol–water partition coefficient (Wildman–Crippen LogP) is 3.04. The third kappa shape index (κ3) is 2.80. The van der Waals surface area contributed by atoms with E-state index in [1.807, 2.05) is 31.2 Å². The van der Waals surface area contributed by atoms with Crippen molar-refractivity contribution in [1.29, 1.82) is 0 Å². The highest BCUT2D eigenvalue weighted by molar-refractivity contribution is 6.18. The molecule has 4 heteroatoms. The highest BCUT2D eigenvalue weighted by atomic mass is 35.5. The Labute approximate surface area is 105 Å². The number of carbonyl (C=O) groups excluding carboxylic acids is 1. The van der Waals surface area contributed by atoms with Gasteiger partial charge in [-0.25, -0.2) is 0 Å². The molecule has 17 heavy (non-hydrogen) atoms. The maximum absolute atomic E-state index is 11.8. The molecular weight excluding hydrogens is 238 g/mol. The Kier molecular flexibility index (Phi) is 3.69. The fraction of sp³-hybridized carbons (Fsp3) is 0.308. The van der Waals surface area contributed by atoms with Gasteiger partial charge in [0.1, 0.15) is 5.58 Å². The van der Waals surface area contributed by atoms with E-state index in [-0.39, 0.29) is 11.8 Å². The molecule has 0 fully saturated rings. The van der Waals surface area contributed by atoms with Gasteiger partial charge in [0.25, 0.3) is 5.91 Å². The van der Waals surface area contributed by atoms with Crippen LogP contribution in [-0.4, -0.2) is 18.3 Å². The third-order valence-electron chi connectivity index (χ3n) is 2.52. The van der Waals surface area contributed by atoms with E-state index < -0.39 is 0 Å². The highest BCUT2D eigenvalue weighted by Crippen LogP contribution is 2.18. The monoisotopic (exact) mass is 251 g/mol. The number of amides is 1. The van der Waals surface area contributed by atoms with Gasteiger partial charge in [-0.15, -0.1) is 11.6 Å². The van der Waals surface area contributed by atoms with Crippen molar-refractivity contribution in [2.24, 2.45) is 5.92 Å². The van der Waals surface area contributed by atoms with Gasteiger partial charge in [-0.05, 0) is 18.1 Å². The fourth-order valence-electron chi connectivity index (χ4n) is 1.50. The molecule has 1 atom stereocenters. The Bertz CT molecular complexity index is 488. The molecule has 1 aromatic carbocycles. The lowest BCUT2D eigenvalue weighted by Crippen LogP contribution is -2.28. The lowest BCUT2D eigenvalue weighted by Gasteiger charge is -2.07. The maximum atomic E-state index is 11.8. The number of para-hydroxylation sites is 1. The van der Waals surface area contributed by atoms with Crippen LogP contribution in [0.1, 0.15) is 17.5 Å².